The Balaban J connectivity index is 1.66. The summed E-state index contributed by atoms with van der Waals surface area (Å²) in [6, 6.07) is 13.5. The zero-order valence-corrected chi connectivity index (χ0v) is 25.2. The molecule has 2 aromatic rings. The number of aliphatic hydroxyl groups is 1. The van der Waals surface area contributed by atoms with Crippen molar-refractivity contribution in [3.63, 3.8) is 0 Å². The Labute approximate surface area is 250 Å². The van der Waals surface area contributed by atoms with E-state index in [1.54, 1.807) is 40.6 Å². The highest BCUT2D eigenvalue weighted by molar-refractivity contribution is 8.02. The maximum Gasteiger partial charge on any atom is 0.310 e. The fraction of sp³-hybridized carbons (Fsp3) is 0.469. The van der Waals surface area contributed by atoms with E-state index in [0.29, 0.717) is 23.6 Å². The number of anilines is 1. The van der Waals surface area contributed by atoms with Gasteiger partial charge in [0.15, 0.2) is 0 Å². The third-order valence-electron chi connectivity index (χ3n) is 8.93. The van der Waals surface area contributed by atoms with Crippen LogP contribution in [0.3, 0.4) is 0 Å². The summed E-state index contributed by atoms with van der Waals surface area (Å²) in [6.07, 6.45) is 2.72. The highest BCUT2D eigenvalue weighted by Gasteiger charge is 2.77. The third kappa shape index (κ3) is 4.78. The smallest absolute Gasteiger partial charge is 0.310 e. The average molecular weight is 597 g/mol. The molecule has 2 aromatic carbocycles. The largest absolute Gasteiger partial charge is 0.466 e. The molecule has 3 saturated heterocycles. The molecule has 2 bridgehead atoms. The first-order valence-corrected chi connectivity index (χ1v) is 15.5. The van der Waals surface area contributed by atoms with E-state index >= 15 is 0 Å². The molecular formula is C32H37ClN2O5S. The van der Waals surface area contributed by atoms with Crippen LogP contribution in [0, 0.1) is 24.7 Å². The normalized spacial score (nSPS) is 28.9. The van der Waals surface area contributed by atoms with Gasteiger partial charge in [-0.15, -0.1) is 18.3 Å². The van der Waals surface area contributed by atoms with Crippen LogP contribution in [0.4, 0.5) is 5.69 Å². The van der Waals surface area contributed by atoms with Crippen molar-refractivity contribution in [1.29, 1.82) is 0 Å². The first kappa shape index (κ1) is 29.7. The highest BCUT2D eigenvalue weighted by atomic mass is 35.5. The number of aryl methyl sites for hydroxylation is 1. The van der Waals surface area contributed by atoms with Crippen molar-refractivity contribution in [3.8, 4) is 0 Å². The molecule has 3 aliphatic heterocycles. The number of hydrogen-bond donors (Lipinski definition) is 1. The zero-order chi connectivity index (χ0) is 29.5. The molecule has 0 saturated carbocycles. The molecular weight excluding hydrogens is 560 g/mol. The molecule has 2 amide bonds. The summed E-state index contributed by atoms with van der Waals surface area (Å²) in [6.45, 7) is 9.69. The van der Waals surface area contributed by atoms with Gasteiger partial charge in [0, 0.05) is 11.8 Å². The van der Waals surface area contributed by atoms with Gasteiger partial charge < -0.3 is 19.6 Å². The van der Waals surface area contributed by atoms with Crippen LogP contribution in [0.2, 0.25) is 5.02 Å². The fourth-order valence-electron chi connectivity index (χ4n) is 7.31. The lowest BCUT2D eigenvalue weighted by molar-refractivity contribution is -0.154. The van der Waals surface area contributed by atoms with E-state index in [1.165, 1.54) is 0 Å². The van der Waals surface area contributed by atoms with Gasteiger partial charge in [-0.3, -0.25) is 14.4 Å². The molecule has 1 N–H and O–H groups in total. The van der Waals surface area contributed by atoms with Crippen LogP contribution in [-0.4, -0.2) is 69.6 Å². The van der Waals surface area contributed by atoms with Crippen molar-refractivity contribution >= 4 is 46.8 Å². The number of fused-ring (bicyclic) bond motifs is 1. The van der Waals surface area contributed by atoms with Gasteiger partial charge in [0.2, 0.25) is 5.91 Å². The number of esters is 1. The molecule has 7 nitrogen and oxygen atoms in total. The number of thioether (sulfide) groups is 1. The first-order chi connectivity index (χ1) is 19.7. The molecule has 3 unspecified atom stereocenters. The summed E-state index contributed by atoms with van der Waals surface area (Å²) in [5.41, 5.74) is 2.33. The van der Waals surface area contributed by atoms with Crippen LogP contribution in [0.15, 0.2) is 61.2 Å². The Morgan fingerprint density at radius 3 is 2.63 bits per heavy atom. The van der Waals surface area contributed by atoms with Gasteiger partial charge in [0.1, 0.15) is 6.04 Å². The van der Waals surface area contributed by atoms with E-state index in [9.17, 15) is 19.5 Å². The Morgan fingerprint density at radius 1 is 1.27 bits per heavy atom. The van der Waals surface area contributed by atoms with Crippen LogP contribution in [-0.2, 0) is 25.5 Å². The molecule has 0 aliphatic carbocycles. The van der Waals surface area contributed by atoms with E-state index in [0.717, 1.165) is 11.1 Å². The highest BCUT2D eigenvalue weighted by Crippen LogP contribution is 2.69. The van der Waals surface area contributed by atoms with Gasteiger partial charge in [-0.2, -0.15) is 0 Å². The van der Waals surface area contributed by atoms with Gasteiger partial charge in [-0.1, -0.05) is 67.1 Å². The maximum absolute atomic E-state index is 15.0. The molecule has 3 heterocycles. The first-order valence-electron chi connectivity index (χ1n) is 14.2. The van der Waals surface area contributed by atoms with Crippen LogP contribution >= 0.6 is 23.4 Å². The van der Waals surface area contributed by atoms with Crippen molar-refractivity contribution in [3.05, 3.63) is 77.3 Å². The Bertz CT molecular complexity index is 1320. The number of hydrogen-bond acceptors (Lipinski definition) is 6. The molecule has 0 radical (unpaired) electrons. The number of likely N-dealkylation sites (tertiary alicyclic amines) is 1. The van der Waals surface area contributed by atoms with E-state index in [1.807, 2.05) is 49.4 Å². The Hall–Kier alpha value is -2.81. The predicted molar refractivity (Wildman–Crippen MR) is 162 cm³/mol. The van der Waals surface area contributed by atoms with E-state index in [-0.39, 0.29) is 42.7 Å². The van der Waals surface area contributed by atoms with Crippen molar-refractivity contribution < 1.29 is 24.2 Å². The molecule has 1 spiro atoms. The summed E-state index contributed by atoms with van der Waals surface area (Å²) >= 11 is 8.26. The minimum atomic E-state index is -0.916. The van der Waals surface area contributed by atoms with Crippen LogP contribution in [0.25, 0.3) is 0 Å². The van der Waals surface area contributed by atoms with E-state index < -0.39 is 34.6 Å². The number of nitrogens with zero attached hydrogens (tertiary/aromatic N) is 2. The lowest BCUT2D eigenvalue weighted by Crippen LogP contribution is -2.59. The molecule has 5 rings (SSSR count). The number of carbonyl (C=O) groups excluding carboxylic acids is 3. The van der Waals surface area contributed by atoms with Crippen molar-refractivity contribution in [2.24, 2.45) is 17.8 Å². The number of para-hydroxylation sites is 1. The van der Waals surface area contributed by atoms with Gasteiger partial charge in [-0.25, -0.2) is 0 Å². The predicted octanol–water partition coefficient (Wildman–Crippen LogP) is 4.67. The van der Waals surface area contributed by atoms with Gasteiger partial charge >= 0.3 is 5.97 Å². The second-order valence-corrected chi connectivity index (χ2v) is 13.2. The SMILES string of the molecule is C=CCN(C(=O)C1N([C@@H](CO)Cc2ccccc2)C(=O)[C@@H]2[C@@H](C(=O)OCC)[C@H]3CC(C)C12S3)c1c(C)cccc1Cl. The number of aliphatic hydroxyl groups excluding tert-OH is 1. The van der Waals surface area contributed by atoms with E-state index in [2.05, 4.69) is 13.5 Å². The third-order valence-corrected chi connectivity index (χ3v) is 11.3. The van der Waals surface area contributed by atoms with Gasteiger partial charge in [0.25, 0.3) is 5.91 Å². The molecule has 9 heteroatoms. The molecule has 41 heavy (non-hydrogen) atoms. The lowest BCUT2D eigenvalue weighted by Gasteiger charge is -2.42. The summed E-state index contributed by atoms with van der Waals surface area (Å²) in [7, 11) is 0. The number of amides is 2. The summed E-state index contributed by atoms with van der Waals surface area (Å²) in [5, 5.41) is 11.0. The van der Waals surface area contributed by atoms with Crippen molar-refractivity contribution in [2.75, 3.05) is 24.7 Å². The minimum Gasteiger partial charge on any atom is -0.466 e. The summed E-state index contributed by atoms with van der Waals surface area (Å²) in [5.74, 6) is -2.34. The van der Waals surface area contributed by atoms with Crippen LogP contribution in [0.5, 0.6) is 0 Å². The zero-order valence-electron chi connectivity index (χ0n) is 23.7. The molecule has 0 aromatic heterocycles. The molecule has 7 atom stereocenters. The maximum atomic E-state index is 15.0. The fourth-order valence-corrected chi connectivity index (χ4v) is 10.0. The summed E-state index contributed by atoms with van der Waals surface area (Å²) in [4.78, 5) is 46.0. The Morgan fingerprint density at radius 2 is 2.00 bits per heavy atom. The second-order valence-electron chi connectivity index (χ2n) is 11.2. The molecule has 218 valence electrons. The Kier molecular flexibility index (Phi) is 8.56. The van der Waals surface area contributed by atoms with Crippen LogP contribution < -0.4 is 4.90 Å². The molecule has 3 aliphatic rings. The van der Waals surface area contributed by atoms with Gasteiger partial charge in [-0.05, 0) is 49.8 Å². The second kappa shape index (κ2) is 11.8. The number of benzene rings is 2. The van der Waals surface area contributed by atoms with Gasteiger partial charge in [0.05, 0.1) is 46.5 Å². The lowest BCUT2D eigenvalue weighted by atomic mass is 9.66. The van der Waals surface area contributed by atoms with Crippen molar-refractivity contribution in [2.45, 2.75) is 55.7 Å². The summed E-state index contributed by atoms with van der Waals surface area (Å²) < 4.78 is 4.62. The molecule has 3 fully saturated rings. The topological polar surface area (TPSA) is 87.2 Å². The monoisotopic (exact) mass is 596 g/mol. The average Bonchev–Trinajstić information content (AvgIpc) is 3.55. The van der Waals surface area contributed by atoms with E-state index in [4.69, 9.17) is 16.3 Å². The number of halogens is 1. The number of carbonyl (C=O) groups is 3. The van der Waals surface area contributed by atoms with Crippen LogP contribution in [0.1, 0.15) is 31.4 Å². The quantitative estimate of drug-likeness (QED) is 0.317. The number of rotatable bonds is 10. The standard InChI is InChI=1S/C32H37ClN2O5S/c1-5-15-34(27-19(3)11-10-14-23(27)33)30(38)28-32-20(4)16-24(41-32)25(31(39)40-6-2)26(32)29(37)35(28)22(18-36)17-21-12-8-7-9-13-21/h5,7-14,20,22,24-26,28,36H,1,6,15-18H2,2-4H3/t20?,22-,24-,25+,26+,28?,32?/m1/s1. The minimum absolute atomic E-state index is 0.0231. The van der Waals surface area contributed by atoms with Crippen molar-refractivity contribution in [1.82, 2.24) is 4.90 Å². The number of ether oxygens (including phenoxy) is 1.